The number of allylic oxidation sites excluding steroid dienone is 1. The topological polar surface area (TPSA) is 118 Å². The van der Waals surface area contributed by atoms with Crippen LogP contribution in [0.1, 0.15) is 11.1 Å². The third-order valence-electron chi connectivity index (χ3n) is 3.53. The molecule has 0 aliphatic heterocycles. The van der Waals surface area contributed by atoms with Gasteiger partial charge in [0.05, 0.1) is 33.0 Å². The second-order valence-corrected chi connectivity index (χ2v) is 6.40. The van der Waals surface area contributed by atoms with E-state index in [0.717, 1.165) is 0 Å². The molecule has 0 fully saturated rings. The molecule has 0 bridgehead atoms. The van der Waals surface area contributed by atoms with E-state index in [-0.39, 0.29) is 41.1 Å². The van der Waals surface area contributed by atoms with Crippen LogP contribution in [0.5, 0.6) is 23.0 Å². The summed E-state index contributed by atoms with van der Waals surface area (Å²) in [6, 6.07) is 11.6. The number of ether oxygens (including phenoxy) is 3. The van der Waals surface area contributed by atoms with E-state index < -0.39 is 7.82 Å². The van der Waals surface area contributed by atoms with Crippen LogP contribution < -0.4 is 18.7 Å². The molecule has 2 aromatic carbocycles. The number of rotatable bonds is 7. The number of nitriles is 1. The average molecular weight is 415 g/mol. The molecule has 10 heteroatoms. The summed E-state index contributed by atoms with van der Waals surface area (Å²) in [6.45, 7) is 0. The van der Waals surface area contributed by atoms with Crippen LogP contribution in [0.2, 0.25) is 0 Å². The van der Waals surface area contributed by atoms with Gasteiger partial charge in [-0.25, -0.2) is 4.57 Å². The third-order valence-corrected chi connectivity index (χ3v) is 3.97. The van der Waals surface area contributed by atoms with Crippen molar-refractivity contribution in [3.8, 4) is 29.1 Å². The number of hydrogen-bond acceptors (Lipinski definition) is 6. The fourth-order valence-electron chi connectivity index (χ4n) is 2.33. The van der Waals surface area contributed by atoms with Crippen molar-refractivity contribution in [3.63, 3.8) is 0 Å². The van der Waals surface area contributed by atoms with Crippen LogP contribution in [0.4, 0.5) is 0 Å². The number of phosphoric ester groups is 1. The van der Waals surface area contributed by atoms with Crippen LogP contribution in [-0.4, -0.2) is 60.7 Å². The predicted octanol–water partition coefficient (Wildman–Crippen LogP) is 2.60. The first-order valence-electron chi connectivity index (χ1n) is 7.58. The van der Waals surface area contributed by atoms with E-state index in [9.17, 15) is 9.83 Å². The monoisotopic (exact) mass is 415 g/mol. The number of hydrogen-bond donors (Lipinski definition) is 2. The Kier molecular flexibility index (Phi) is 9.05. The molecule has 0 saturated heterocycles. The van der Waals surface area contributed by atoms with E-state index in [1.165, 1.54) is 33.5 Å². The molecule has 0 spiro atoms. The molecule has 144 valence electrons. The average Bonchev–Trinajstić information content (AvgIpc) is 2.65. The summed E-state index contributed by atoms with van der Waals surface area (Å²) in [5, 5.41) is 9.52. The molecule has 2 N–H and O–H groups in total. The number of phosphoric acid groups is 1. The van der Waals surface area contributed by atoms with Gasteiger partial charge in [0.2, 0.25) is 0 Å². The molecule has 0 aromatic heterocycles. The van der Waals surface area contributed by atoms with Crippen LogP contribution in [0.15, 0.2) is 36.4 Å². The van der Waals surface area contributed by atoms with Crippen LogP contribution in [0.3, 0.4) is 0 Å². The molecule has 8 nitrogen and oxygen atoms in total. The second kappa shape index (κ2) is 10.5. The molecule has 0 saturated carbocycles. The fraction of sp³-hybridized carbons (Fsp3) is 0.167. The zero-order valence-electron chi connectivity index (χ0n) is 14.9. The summed E-state index contributed by atoms with van der Waals surface area (Å²) in [7, 11) is -0.350. The maximum atomic E-state index is 11.0. The van der Waals surface area contributed by atoms with Crippen molar-refractivity contribution in [3.05, 3.63) is 47.5 Å². The molecule has 0 amide bonds. The van der Waals surface area contributed by atoms with Gasteiger partial charge in [0.25, 0.3) is 0 Å². The van der Waals surface area contributed by atoms with Crippen molar-refractivity contribution in [2.75, 3.05) is 21.3 Å². The Morgan fingerprint density at radius 3 is 2.07 bits per heavy atom. The first-order chi connectivity index (χ1) is 12.8. The quantitative estimate of drug-likeness (QED) is 0.307. The molecule has 2 rings (SSSR count). The van der Waals surface area contributed by atoms with Crippen LogP contribution in [-0.2, 0) is 4.57 Å². The van der Waals surface area contributed by atoms with Gasteiger partial charge in [-0.2, -0.15) is 5.26 Å². The van der Waals surface area contributed by atoms with Gasteiger partial charge in [-0.1, -0.05) is 6.07 Å². The van der Waals surface area contributed by atoms with Crippen LogP contribution >= 0.6 is 7.82 Å². The van der Waals surface area contributed by atoms with Gasteiger partial charge in [0, 0.05) is 0 Å². The first-order valence-corrected chi connectivity index (χ1v) is 9.11. The van der Waals surface area contributed by atoms with Gasteiger partial charge in [-0.15, -0.1) is 0 Å². The van der Waals surface area contributed by atoms with E-state index in [4.69, 9.17) is 24.0 Å². The Bertz CT molecular complexity index is 949. The molecular weight excluding hydrogens is 396 g/mol. The Morgan fingerprint density at radius 1 is 0.964 bits per heavy atom. The van der Waals surface area contributed by atoms with Crippen molar-refractivity contribution in [2.24, 2.45) is 0 Å². The van der Waals surface area contributed by atoms with Crippen molar-refractivity contribution >= 4 is 49.0 Å². The molecule has 0 aliphatic carbocycles. The SMILES string of the molecule is COc1ccc(C(C#N)=Cc2ccc(OP(=O)(O)O)c(OC)c2)cc1OC.[NaH]. The van der Waals surface area contributed by atoms with Gasteiger partial charge in [0.1, 0.15) is 0 Å². The molecule has 0 atom stereocenters. The minimum absolute atomic E-state index is 0. The van der Waals surface area contributed by atoms with Crippen molar-refractivity contribution in [1.82, 2.24) is 0 Å². The van der Waals surface area contributed by atoms with E-state index in [0.29, 0.717) is 28.2 Å². The molecule has 2 aromatic rings. The summed E-state index contributed by atoms with van der Waals surface area (Å²) in [6.07, 6.45) is 1.60. The standard InChI is InChI=1S/C18H18NO7P.Na.H/c1-23-15-7-5-13(10-18(15)25-3)14(11-19)8-12-4-6-16(17(9-12)24-2)26-27(20,21)22;;/h4-10H,1-3H3,(H2,20,21,22);;. The summed E-state index contributed by atoms with van der Waals surface area (Å²) in [5.41, 5.74) is 1.54. The van der Waals surface area contributed by atoms with E-state index in [2.05, 4.69) is 10.6 Å². The van der Waals surface area contributed by atoms with E-state index in [1.807, 2.05) is 0 Å². The number of nitrogens with zero attached hydrogens (tertiary/aromatic N) is 1. The molecule has 0 unspecified atom stereocenters. The Morgan fingerprint density at radius 2 is 1.54 bits per heavy atom. The molecule has 0 radical (unpaired) electrons. The van der Waals surface area contributed by atoms with Crippen molar-refractivity contribution < 1.29 is 33.1 Å². The summed E-state index contributed by atoms with van der Waals surface area (Å²) in [4.78, 5) is 17.9. The molecule has 0 aliphatic rings. The Labute approximate surface area is 184 Å². The van der Waals surface area contributed by atoms with Crippen molar-refractivity contribution in [2.45, 2.75) is 0 Å². The maximum absolute atomic E-state index is 11.0. The fourth-order valence-corrected chi connectivity index (χ4v) is 2.74. The summed E-state index contributed by atoms with van der Waals surface area (Å²) < 4.78 is 31.1. The zero-order valence-corrected chi connectivity index (χ0v) is 15.8. The second-order valence-electron chi connectivity index (χ2n) is 5.23. The number of methoxy groups -OCH3 is 3. The van der Waals surface area contributed by atoms with E-state index >= 15 is 0 Å². The zero-order chi connectivity index (χ0) is 20.0. The molecule has 28 heavy (non-hydrogen) atoms. The van der Waals surface area contributed by atoms with Gasteiger partial charge in [-0.3, -0.25) is 9.79 Å². The normalized spacial score (nSPS) is 11.1. The Balaban J connectivity index is 0.00000392. The van der Waals surface area contributed by atoms with Crippen LogP contribution in [0.25, 0.3) is 11.6 Å². The summed E-state index contributed by atoms with van der Waals surface area (Å²) in [5.74, 6) is 1.04. The van der Waals surface area contributed by atoms with Gasteiger partial charge < -0.3 is 18.7 Å². The van der Waals surface area contributed by atoms with Gasteiger partial charge in [0.15, 0.2) is 23.0 Å². The van der Waals surface area contributed by atoms with Crippen molar-refractivity contribution in [1.29, 1.82) is 5.26 Å². The van der Waals surface area contributed by atoms with Gasteiger partial charge >= 0.3 is 37.4 Å². The molecule has 0 heterocycles. The first kappa shape index (κ1) is 24.1. The van der Waals surface area contributed by atoms with Crippen LogP contribution in [0, 0.1) is 11.3 Å². The third kappa shape index (κ3) is 6.28. The molecular formula is C18H19NNaO7P. The van der Waals surface area contributed by atoms with E-state index in [1.54, 1.807) is 30.3 Å². The minimum atomic E-state index is -4.71. The Hall–Kier alpha value is -1.98. The predicted molar refractivity (Wildman–Crippen MR) is 106 cm³/mol. The summed E-state index contributed by atoms with van der Waals surface area (Å²) >= 11 is 0. The number of benzene rings is 2. The van der Waals surface area contributed by atoms with Gasteiger partial charge in [-0.05, 0) is 47.5 Å².